The number of hydrogen-bond acceptors (Lipinski definition) is 0. The second kappa shape index (κ2) is 13.6. The van der Waals surface area contributed by atoms with E-state index in [1.165, 1.54) is 51.4 Å². The van der Waals surface area contributed by atoms with Crippen molar-refractivity contribution in [2.75, 3.05) is 0 Å². The summed E-state index contributed by atoms with van der Waals surface area (Å²) in [6, 6.07) is 0. The molecule has 97 valence electrons. The van der Waals surface area contributed by atoms with Gasteiger partial charge in [-0.15, -0.1) is 0 Å². The van der Waals surface area contributed by atoms with Crippen molar-refractivity contribution in [1.29, 1.82) is 0 Å². The van der Waals surface area contributed by atoms with Gasteiger partial charge in [-0.25, -0.2) is 0 Å². The van der Waals surface area contributed by atoms with E-state index in [2.05, 4.69) is 48.6 Å². The van der Waals surface area contributed by atoms with Crippen molar-refractivity contribution in [2.45, 2.75) is 51.4 Å². The summed E-state index contributed by atoms with van der Waals surface area (Å²) in [6.45, 7) is 0. The third-order valence-corrected chi connectivity index (χ3v) is 2.75. The van der Waals surface area contributed by atoms with Crippen molar-refractivity contribution in [2.24, 2.45) is 0 Å². The minimum Gasteiger partial charge on any atom is -0.0845 e. The van der Waals surface area contributed by atoms with Gasteiger partial charge in [0, 0.05) is 19.5 Å². The Bertz CT molecular complexity index is 203. The molecular formula is C16H24Rh. The molecule has 0 amide bonds. The molecule has 2 aliphatic rings. The van der Waals surface area contributed by atoms with Gasteiger partial charge >= 0.3 is 0 Å². The van der Waals surface area contributed by atoms with Crippen LogP contribution in [0.4, 0.5) is 0 Å². The second-order valence-electron chi connectivity index (χ2n) is 4.28. The predicted molar refractivity (Wildman–Crippen MR) is 73.5 cm³/mol. The molecule has 0 aromatic carbocycles. The topological polar surface area (TPSA) is 0 Å². The summed E-state index contributed by atoms with van der Waals surface area (Å²) < 4.78 is 0. The average molecular weight is 319 g/mol. The van der Waals surface area contributed by atoms with E-state index >= 15 is 0 Å². The molecule has 0 nitrogen and oxygen atoms in total. The van der Waals surface area contributed by atoms with Crippen LogP contribution in [0.1, 0.15) is 51.4 Å². The fourth-order valence-corrected chi connectivity index (χ4v) is 1.75. The molecule has 0 bridgehead atoms. The minimum atomic E-state index is 0. The Labute approximate surface area is 119 Å². The maximum Gasteiger partial charge on any atom is 0 e. The Balaban J connectivity index is 0.000000284. The van der Waals surface area contributed by atoms with Crippen LogP contribution in [0.5, 0.6) is 0 Å². The van der Waals surface area contributed by atoms with Crippen molar-refractivity contribution in [1.82, 2.24) is 0 Å². The van der Waals surface area contributed by atoms with Gasteiger partial charge in [0.25, 0.3) is 0 Å². The van der Waals surface area contributed by atoms with Crippen LogP contribution in [-0.2, 0) is 19.5 Å². The number of hydrogen-bond donors (Lipinski definition) is 0. The van der Waals surface area contributed by atoms with E-state index in [9.17, 15) is 0 Å². The molecule has 1 radical (unpaired) electrons. The van der Waals surface area contributed by atoms with E-state index in [1.807, 2.05) is 0 Å². The van der Waals surface area contributed by atoms with E-state index in [0.717, 1.165) is 0 Å². The molecule has 0 atom stereocenters. The quantitative estimate of drug-likeness (QED) is 0.528. The summed E-state index contributed by atoms with van der Waals surface area (Å²) in [6.07, 6.45) is 28.0. The van der Waals surface area contributed by atoms with E-state index in [4.69, 9.17) is 0 Å². The zero-order chi connectivity index (χ0) is 11.3. The molecule has 0 N–H and O–H groups in total. The van der Waals surface area contributed by atoms with Gasteiger partial charge in [0.2, 0.25) is 0 Å². The summed E-state index contributed by atoms with van der Waals surface area (Å²) in [5, 5.41) is 0. The van der Waals surface area contributed by atoms with Crippen LogP contribution in [0.2, 0.25) is 0 Å². The van der Waals surface area contributed by atoms with Gasteiger partial charge in [0.1, 0.15) is 0 Å². The summed E-state index contributed by atoms with van der Waals surface area (Å²) in [7, 11) is 0. The van der Waals surface area contributed by atoms with Gasteiger partial charge in [-0.3, -0.25) is 0 Å². The Morgan fingerprint density at radius 2 is 0.647 bits per heavy atom. The SMILES string of the molecule is C1=CCCCCC=C1.C1=CCCCCC=C1.[Rh]. The standard InChI is InChI=1S/2C8H12.Rh/c2*1-2-4-6-8-7-5-3-1;/h2*1-4H,5-8H2;. The molecule has 0 aromatic rings. The fourth-order valence-electron chi connectivity index (χ4n) is 1.75. The van der Waals surface area contributed by atoms with E-state index in [1.54, 1.807) is 0 Å². The molecule has 0 heterocycles. The summed E-state index contributed by atoms with van der Waals surface area (Å²) in [5.41, 5.74) is 0. The van der Waals surface area contributed by atoms with Gasteiger partial charge in [0.05, 0.1) is 0 Å². The molecule has 2 aliphatic carbocycles. The number of allylic oxidation sites excluding steroid dienone is 8. The Morgan fingerprint density at radius 3 is 0.882 bits per heavy atom. The van der Waals surface area contributed by atoms with Gasteiger partial charge in [-0.2, -0.15) is 0 Å². The molecule has 0 unspecified atom stereocenters. The van der Waals surface area contributed by atoms with Crippen LogP contribution in [-0.4, -0.2) is 0 Å². The predicted octanol–water partition coefficient (Wildman–Crippen LogP) is 5.34. The molecule has 0 aromatic heterocycles. The van der Waals surface area contributed by atoms with Crippen LogP contribution in [0.3, 0.4) is 0 Å². The maximum absolute atomic E-state index is 2.23. The van der Waals surface area contributed by atoms with Crippen LogP contribution >= 0.6 is 0 Å². The third kappa shape index (κ3) is 11.8. The molecule has 0 saturated carbocycles. The van der Waals surface area contributed by atoms with Gasteiger partial charge in [-0.1, -0.05) is 48.6 Å². The smallest absolute Gasteiger partial charge is 0 e. The third-order valence-electron chi connectivity index (χ3n) is 2.75. The molecule has 1 heteroatoms. The minimum absolute atomic E-state index is 0. The Morgan fingerprint density at radius 1 is 0.412 bits per heavy atom. The molecule has 0 fully saturated rings. The van der Waals surface area contributed by atoms with Crippen LogP contribution in [0.25, 0.3) is 0 Å². The van der Waals surface area contributed by atoms with Crippen LogP contribution < -0.4 is 0 Å². The summed E-state index contributed by atoms with van der Waals surface area (Å²) >= 11 is 0. The van der Waals surface area contributed by atoms with E-state index < -0.39 is 0 Å². The fraction of sp³-hybridized carbons (Fsp3) is 0.500. The molecule has 2 rings (SSSR count). The zero-order valence-corrected chi connectivity index (χ0v) is 12.2. The normalized spacial score (nSPS) is 18.8. The molecular weight excluding hydrogens is 295 g/mol. The molecule has 0 spiro atoms. The summed E-state index contributed by atoms with van der Waals surface area (Å²) in [4.78, 5) is 0. The first-order valence-electron chi connectivity index (χ1n) is 6.63. The first-order chi connectivity index (χ1) is 8.00. The van der Waals surface area contributed by atoms with Crippen molar-refractivity contribution in [3.8, 4) is 0 Å². The Hall–Kier alpha value is -0.417. The van der Waals surface area contributed by atoms with Gasteiger partial charge in [-0.05, 0) is 51.4 Å². The Kier molecular flexibility index (Phi) is 13.3. The van der Waals surface area contributed by atoms with Crippen molar-refractivity contribution in [3.05, 3.63) is 48.6 Å². The van der Waals surface area contributed by atoms with E-state index in [0.29, 0.717) is 0 Å². The van der Waals surface area contributed by atoms with Crippen molar-refractivity contribution >= 4 is 0 Å². The van der Waals surface area contributed by atoms with Crippen LogP contribution in [0, 0.1) is 0 Å². The first kappa shape index (κ1) is 16.6. The number of rotatable bonds is 0. The monoisotopic (exact) mass is 319 g/mol. The van der Waals surface area contributed by atoms with E-state index in [-0.39, 0.29) is 19.5 Å². The summed E-state index contributed by atoms with van der Waals surface area (Å²) in [5.74, 6) is 0. The average Bonchev–Trinajstić information content (AvgIpc) is 2.15. The van der Waals surface area contributed by atoms with Crippen LogP contribution in [0.15, 0.2) is 48.6 Å². The zero-order valence-electron chi connectivity index (χ0n) is 10.6. The molecule has 0 saturated heterocycles. The largest absolute Gasteiger partial charge is 0.0845 e. The van der Waals surface area contributed by atoms with Gasteiger partial charge in [0.15, 0.2) is 0 Å². The molecule has 17 heavy (non-hydrogen) atoms. The first-order valence-corrected chi connectivity index (χ1v) is 6.63. The maximum atomic E-state index is 2.23. The van der Waals surface area contributed by atoms with Gasteiger partial charge < -0.3 is 0 Å². The van der Waals surface area contributed by atoms with Crippen molar-refractivity contribution < 1.29 is 19.5 Å². The van der Waals surface area contributed by atoms with Crippen molar-refractivity contribution in [3.63, 3.8) is 0 Å². The molecule has 0 aliphatic heterocycles. The second-order valence-corrected chi connectivity index (χ2v) is 4.28.